The highest BCUT2D eigenvalue weighted by Gasteiger charge is 2.45. The molecule has 0 saturated heterocycles. The monoisotopic (exact) mass is 634 g/mol. The van der Waals surface area contributed by atoms with Gasteiger partial charge in [0.15, 0.2) is 23.0 Å². The predicted octanol–water partition coefficient (Wildman–Crippen LogP) is 7.63. The van der Waals surface area contributed by atoms with Crippen molar-refractivity contribution in [2.45, 2.75) is 90.1 Å². The smallest absolute Gasteiger partial charge is 0.161 e. The Hall–Kier alpha value is -3.10. The molecular weight excluding hydrogens is 580 g/mol. The fraction of sp³-hybridized carbons (Fsp3) is 0.632. The van der Waals surface area contributed by atoms with Crippen molar-refractivity contribution in [3.63, 3.8) is 0 Å². The molecule has 2 aromatic carbocycles. The van der Waals surface area contributed by atoms with Gasteiger partial charge in [-0.3, -0.25) is 9.98 Å². The molecule has 2 saturated carbocycles. The van der Waals surface area contributed by atoms with Gasteiger partial charge < -0.3 is 28.4 Å². The molecule has 252 valence electrons. The van der Waals surface area contributed by atoms with E-state index in [1.807, 2.05) is 12.4 Å². The van der Waals surface area contributed by atoms with Gasteiger partial charge in [0.05, 0.1) is 39.5 Å². The first-order valence-corrected chi connectivity index (χ1v) is 16.9. The number of aliphatic imine (C=N–C) groups is 2. The number of benzene rings is 2. The summed E-state index contributed by atoms with van der Waals surface area (Å²) in [5.74, 6) is 4.23. The maximum Gasteiger partial charge on any atom is 0.161 e. The Labute approximate surface area is 275 Å². The predicted molar refractivity (Wildman–Crippen MR) is 184 cm³/mol. The van der Waals surface area contributed by atoms with Crippen LogP contribution in [0.15, 0.2) is 34.3 Å². The summed E-state index contributed by atoms with van der Waals surface area (Å²) >= 11 is 0. The molecule has 0 amide bonds. The van der Waals surface area contributed by atoms with Crippen LogP contribution in [0.2, 0.25) is 0 Å². The van der Waals surface area contributed by atoms with E-state index in [2.05, 4.69) is 52.0 Å². The molecular formula is C38H54N2O6. The third-order valence-electron chi connectivity index (χ3n) is 10.3. The second kappa shape index (κ2) is 14.8. The fourth-order valence-electron chi connectivity index (χ4n) is 7.70. The van der Waals surface area contributed by atoms with Gasteiger partial charge in [-0.1, -0.05) is 27.7 Å². The number of methoxy groups -OCH3 is 4. The van der Waals surface area contributed by atoms with Gasteiger partial charge in [-0.25, -0.2) is 0 Å². The Kier molecular flexibility index (Phi) is 11.0. The molecule has 8 nitrogen and oxygen atoms in total. The van der Waals surface area contributed by atoms with E-state index in [0.29, 0.717) is 50.3 Å². The van der Waals surface area contributed by atoms with Gasteiger partial charge in [0.25, 0.3) is 0 Å². The van der Waals surface area contributed by atoms with Crippen molar-refractivity contribution in [3.05, 3.63) is 46.5 Å². The van der Waals surface area contributed by atoms with Crippen LogP contribution in [0.4, 0.5) is 0 Å². The fourth-order valence-corrected chi connectivity index (χ4v) is 7.70. The van der Waals surface area contributed by atoms with E-state index >= 15 is 0 Å². The average Bonchev–Trinajstić information content (AvgIpc) is 3.55. The van der Waals surface area contributed by atoms with E-state index in [1.54, 1.807) is 28.4 Å². The molecule has 6 rings (SSSR count). The summed E-state index contributed by atoms with van der Waals surface area (Å²) in [4.78, 5) is 9.68. The lowest BCUT2D eigenvalue weighted by molar-refractivity contribution is 0.170. The minimum atomic E-state index is 0.276. The summed E-state index contributed by atoms with van der Waals surface area (Å²) in [7, 11) is 6.79. The Morgan fingerprint density at radius 1 is 0.587 bits per heavy atom. The first-order valence-electron chi connectivity index (χ1n) is 16.9. The Morgan fingerprint density at radius 2 is 1.00 bits per heavy atom. The third-order valence-corrected chi connectivity index (χ3v) is 10.3. The summed E-state index contributed by atoms with van der Waals surface area (Å²) in [5.41, 5.74) is 5.61. The summed E-state index contributed by atoms with van der Waals surface area (Å²) in [6.07, 6.45) is 10.6. The molecule has 4 aliphatic rings. The summed E-state index contributed by atoms with van der Waals surface area (Å²) in [6, 6.07) is 9.23. The van der Waals surface area contributed by atoms with Crippen LogP contribution in [-0.4, -0.2) is 79.4 Å². The molecule has 2 aliphatic carbocycles. The Balaban J connectivity index is 0.000000181. The molecule has 2 unspecified atom stereocenters. The van der Waals surface area contributed by atoms with Crippen LogP contribution < -0.4 is 18.9 Å². The van der Waals surface area contributed by atoms with Gasteiger partial charge in [-0.2, -0.15) is 0 Å². The van der Waals surface area contributed by atoms with Crippen LogP contribution in [0, 0.1) is 10.8 Å². The van der Waals surface area contributed by atoms with E-state index in [0.717, 1.165) is 35.8 Å². The minimum absolute atomic E-state index is 0.276. The number of ether oxygens (including phenoxy) is 6. The Bertz CT molecular complexity index is 1290. The zero-order valence-electron chi connectivity index (χ0n) is 29.2. The van der Waals surface area contributed by atoms with E-state index in [4.69, 9.17) is 38.4 Å². The molecule has 0 spiro atoms. The largest absolute Gasteiger partial charge is 0.493 e. The molecule has 2 fully saturated rings. The van der Waals surface area contributed by atoms with Gasteiger partial charge in [-0.05, 0) is 83.0 Å². The van der Waals surface area contributed by atoms with Crippen molar-refractivity contribution in [2.24, 2.45) is 20.8 Å². The first-order chi connectivity index (χ1) is 22.1. The number of hydrogen-bond acceptors (Lipinski definition) is 8. The van der Waals surface area contributed by atoms with E-state index < -0.39 is 0 Å². The zero-order valence-corrected chi connectivity index (χ0v) is 29.2. The van der Waals surface area contributed by atoms with Gasteiger partial charge >= 0.3 is 0 Å². The molecule has 4 atom stereocenters. The van der Waals surface area contributed by atoms with Crippen LogP contribution >= 0.6 is 0 Å². The van der Waals surface area contributed by atoms with E-state index in [9.17, 15) is 0 Å². The minimum Gasteiger partial charge on any atom is -0.493 e. The molecule has 46 heavy (non-hydrogen) atoms. The van der Waals surface area contributed by atoms with Crippen LogP contribution in [-0.2, 0) is 9.47 Å². The second-order valence-corrected chi connectivity index (χ2v) is 14.4. The highest BCUT2D eigenvalue weighted by molar-refractivity contribution is 5.86. The molecule has 0 radical (unpaired) electrons. The maximum absolute atomic E-state index is 5.95. The van der Waals surface area contributed by atoms with E-state index in [-0.39, 0.29) is 10.8 Å². The van der Waals surface area contributed by atoms with Gasteiger partial charge in [0.2, 0.25) is 0 Å². The van der Waals surface area contributed by atoms with Gasteiger partial charge in [0.1, 0.15) is 0 Å². The number of rotatable bonds is 12. The van der Waals surface area contributed by atoms with Crippen molar-refractivity contribution in [1.82, 2.24) is 0 Å². The summed E-state index contributed by atoms with van der Waals surface area (Å²) < 4.78 is 33.1. The van der Waals surface area contributed by atoms with Crippen LogP contribution in [0.25, 0.3) is 0 Å². The number of nitrogens with zero attached hydrogens (tertiary/aromatic N) is 2. The van der Waals surface area contributed by atoms with Crippen molar-refractivity contribution in [2.75, 3.05) is 54.9 Å². The Morgan fingerprint density at radius 3 is 1.37 bits per heavy atom. The molecule has 2 aliphatic heterocycles. The number of hydrogen-bond donors (Lipinski definition) is 0. The lowest BCUT2D eigenvalue weighted by Crippen LogP contribution is -2.28. The van der Waals surface area contributed by atoms with Crippen molar-refractivity contribution in [3.8, 4) is 23.0 Å². The van der Waals surface area contributed by atoms with Crippen molar-refractivity contribution in [1.29, 1.82) is 0 Å². The second-order valence-electron chi connectivity index (χ2n) is 14.4. The lowest BCUT2D eigenvalue weighted by Gasteiger charge is -2.31. The molecule has 0 aromatic heterocycles. The molecule has 2 heterocycles. The quantitative estimate of drug-likeness (QED) is 0.224. The molecule has 2 aromatic rings. The summed E-state index contributed by atoms with van der Waals surface area (Å²) in [6.45, 7) is 12.0. The highest BCUT2D eigenvalue weighted by atomic mass is 16.5. The molecule has 8 heteroatoms. The number of fused-ring (bicyclic) bond motifs is 6. The van der Waals surface area contributed by atoms with E-state index in [1.165, 1.54) is 47.9 Å². The lowest BCUT2D eigenvalue weighted by atomic mass is 9.80. The average molecular weight is 635 g/mol. The third kappa shape index (κ3) is 7.23. The van der Waals surface area contributed by atoms with Gasteiger partial charge in [-0.15, -0.1) is 0 Å². The molecule has 0 N–H and O–H groups in total. The van der Waals surface area contributed by atoms with Crippen LogP contribution in [0.3, 0.4) is 0 Å². The standard InChI is InChI=1S/2C19H27NO3/c2*1-19(2)7-6-14-15-11-17(23-9-5-8-21-3)16(22-4)10-13(15)12-20-18(14)19/h2*10-12,14,18H,5-9H2,1-4H3/t2*14-,18?/m10/s1. The maximum atomic E-state index is 5.95. The normalized spacial score (nSPS) is 24.2. The SMILES string of the molecule is COCCCOc1cc2c(cc1OC)C=NC1[C@@H]2CCC1(C)C.COCCCOc1cc2c(cc1OC)C=NC1[C@H]2CCC1(C)C. The molecule has 0 bridgehead atoms. The van der Waals surface area contributed by atoms with Crippen molar-refractivity contribution >= 4 is 12.4 Å². The van der Waals surface area contributed by atoms with Gasteiger partial charge in [0, 0.05) is 64.5 Å². The summed E-state index contributed by atoms with van der Waals surface area (Å²) in [5, 5.41) is 0. The van der Waals surface area contributed by atoms with Crippen LogP contribution in [0.1, 0.15) is 100 Å². The topological polar surface area (TPSA) is 80.1 Å². The van der Waals surface area contributed by atoms with Crippen LogP contribution in [0.5, 0.6) is 23.0 Å². The first kappa shape index (κ1) is 34.2. The highest BCUT2D eigenvalue weighted by Crippen LogP contribution is 2.53. The van der Waals surface area contributed by atoms with Crippen molar-refractivity contribution < 1.29 is 28.4 Å². The zero-order chi connectivity index (χ0) is 32.9.